The monoisotopic (exact) mass is 269 g/mol. The molecule has 2 amide bonds. The molecule has 0 radical (unpaired) electrons. The number of nitrogens with one attached hydrogen (secondary N) is 2. The first-order valence-corrected chi connectivity index (χ1v) is 6.56. The summed E-state index contributed by atoms with van der Waals surface area (Å²) in [6.45, 7) is 5.81. The molecule has 1 aromatic carbocycles. The zero-order valence-corrected chi connectivity index (χ0v) is 12.0. The van der Waals surface area contributed by atoms with Crippen LogP contribution in [0.4, 0.5) is 10.6 Å². The van der Waals surface area contributed by atoms with Gasteiger partial charge in [-0.15, -0.1) is 0 Å². The Morgan fingerprint density at radius 1 is 1.05 bits per heavy atom. The van der Waals surface area contributed by atoms with E-state index >= 15 is 0 Å². The molecule has 4 nitrogen and oxygen atoms in total. The molecule has 2 N–H and O–H groups in total. The number of carbonyl (C=O) groups excluding carboxylic acids is 1. The Morgan fingerprint density at radius 3 is 2.40 bits per heavy atom. The Balaban J connectivity index is 2.04. The highest BCUT2D eigenvalue weighted by molar-refractivity contribution is 5.88. The SMILES string of the molecule is Cc1cccc(NC(=O)NC(C)(C)c2ccccc2)n1. The molecule has 2 aromatic rings. The lowest BCUT2D eigenvalue weighted by molar-refractivity contribution is 0.242. The van der Waals surface area contributed by atoms with Gasteiger partial charge in [0.15, 0.2) is 0 Å². The molecule has 4 heteroatoms. The normalized spacial score (nSPS) is 10.9. The van der Waals surface area contributed by atoms with E-state index in [4.69, 9.17) is 0 Å². The molecule has 0 fully saturated rings. The van der Waals surface area contributed by atoms with Crippen LogP contribution in [0.5, 0.6) is 0 Å². The topological polar surface area (TPSA) is 54.0 Å². The number of amides is 2. The highest BCUT2D eigenvalue weighted by Gasteiger charge is 2.22. The fourth-order valence-electron chi connectivity index (χ4n) is 1.97. The summed E-state index contributed by atoms with van der Waals surface area (Å²) in [5.74, 6) is 0.548. The summed E-state index contributed by atoms with van der Waals surface area (Å²) < 4.78 is 0. The van der Waals surface area contributed by atoms with E-state index in [9.17, 15) is 4.79 Å². The first-order valence-electron chi connectivity index (χ1n) is 6.56. The van der Waals surface area contributed by atoms with Crippen LogP contribution in [0.2, 0.25) is 0 Å². The minimum absolute atomic E-state index is 0.267. The standard InChI is InChI=1S/C16H19N3O/c1-12-8-7-11-14(17-12)18-15(20)19-16(2,3)13-9-5-4-6-10-13/h4-11H,1-3H3,(H2,17,18,19,20). The summed E-state index contributed by atoms with van der Waals surface area (Å²) in [5, 5.41) is 5.70. The van der Waals surface area contributed by atoms with Crippen molar-refractivity contribution in [2.75, 3.05) is 5.32 Å². The Morgan fingerprint density at radius 2 is 1.75 bits per heavy atom. The van der Waals surface area contributed by atoms with Gasteiger partial charge in [-0.25, -0.2) is 9.78 Å². The van der Waals surface area contributed by atoms with Crippen LogP contribution in [-0.4, -0.2) is 11.0 Å². The summed E-state index contributed by atoms with van der Waals surface area (Å²) in [5.41, 5.74) is 1.47. The van der Waals surface area contributed by atoms with Crippen LogP contribution in [0.25, 0.3) is 0 Å². The van der Waals surface area contributed by atoms with Crippen LogP contribution in [0.1, 0.15) is 25.1 Å². The molecule has 0 bridgehead atoms. The van der Waals surface area contributed by atoms with Gasteiger partial charge in [0.05, 0.1) is 5.54 Å². The van der Waals surface area contributed by atoms with Crippen molar-refractivity contribution >= 4 is 11.8 Å². The zero-order chi connectivity index (χ0) is 14.6. The van der Waals surface area contributed by atoms with Crippen molar-refractivity contribution in [3.8, 4) is 0 Å². The van der Waals surface area contributed by atoms with Crippen molar-refractivity contribution in [2.45, 2.75) is 26.3 Å². The quantitative estimate of drug-likeness (QED) is 0.896. The van der Waals surface area contributed by atoms with Crippen molar-refractivity contribution in [3.05, 3.63) is 59.8 Å². The smallest absolute Gasteiger partial charge is 0.321 e. The van der Waals surface area contributed by atoms with Gasteiger partial charge in [-0.05, 0) is 38.5 Å². The number of nitrogens with zero attached hydrogens (tertiary/aromatic N) is 1. The third-order valence-electron chi connectivity index (χ3n) is 3.05. The van der Waals surface area contributed by atoms with Gasteiger partial charge in [0.1, 0.15) is 5.82 Å². The molecule has 0 unspecified atom stereocenters. The molecule has 0 saturated heterocycles. The van der Waals surface area contributed by atoms with Gasteiger partial charge < -0.3 is 5.32 Å². The fourth-order valence-corrected chi connectivity index (χ4v) is 1.97. The molecule has 20 heavy (non-hydrogen) atoms. The van der Waals surface area contributed by atoms with Gasteiger partial charge in [0, 0.05) is 5.69 Å². The first kappa shape index (κ1) is 14.1. The van der Waals surface area contributed by atoms with Crippen LogP contribution in [-0.2, 0) is 5.54 Å². The second-order valence-corrected chi connectivity index (χ2v) is 5.23. The van der Waals surface area contributed by atoms with Crippen LogP contribution < -0.4 is 10.6 Å². The van der Waals surface area contributed by atoms with E-state index < -0.39 is 5.54 Å². The Kier molecular flexibility index (Phi) is 4.03. The lowest BCUT2D eigenvalue weighted by Crippen LogP contribution is -2.43. The lowest BCUT2D eigenvalue weighted by Gasteiger charge is -2.26. The molecular formula is C16H19N3O. The zero-order valence-electron chi connectivity index (χ0n) is 12.0. The molecule has 1 heterocycles. The number of urea groups is 1. The van der Waals surface area contributed by atoms with Gasteiger partial charge >= 0.3 is 6.03 Å². The van der Waals surface area contributed by atoms with Crippen molar-refractivity contribution in [3.63, 3.8) is 0 Å². The highest BCUT2D eigenvalue weighted by atomic mass is 16.2. The maximum Gasteiger partial charge on any atom is 0.321 e. The molecule has 0 aliphatic rings. The van der Waals surface area contributed by atoms with Crippen molar-refractivity contribution in [1.29, 1.82) is 0 Å². The molecule has 0 spiro atoms. The highest BCUT2D eigenvalue weighted by Crippen LogP contribution is 2.19. The number of pyridine rings is 1. The number of aryl methyl sites for hydroxylation is 1. The molecular weight excluding hydrogens is 250 g/mol. The van der Waals surface area contributed by atoms with E-state index in [1.807, 2.05) is 63.2 Å². The number of aromatic nitrogens is 1. The first-order chi connectivity index (χ1) is 9.47. The van der Waals surface area contributed by atoms with Crippen molar-refractivity contribution < 1.29 is 4.79 Å². The minimum Gasteiger partial charge on any atom is -0.329 e. The Hall–Kier alpha value is -2.36. The number of hydrogen-bond donors (Lipinski definition) is 2. The van der Waals surface area contributed by atoms with Crippen LogP contribution in [0.15, 0.2) is 48.5 Å². The van der Waals surface area contributed by atoms with E-state index in [1.165, 1.54) is 0 Å². The Labute approximate surface area is 119 Å². The number of anilines is 1. The number of rotatable bonds is 3. The molecule has 0 aliphatic carbocycles. The lowest BCUT2D eigenvalue weighted by atomic mass is 9.95. The average Bonchev–Trinajstić information content (AvgIpc) is 2.39. The second-order valence-electron chi connectivity index (χ2n) is 5.23. The molecule has 0 aliphatic heterocycles. The largest absolute Gasteiger partial charge is 0.329 e. The average molecular weight is 269 g/mol. The predicted octanol–water partition coefficient (Wildman–Crippen LogP) is 3.45. The van der Waals surface area contributed by atoms with E-state index in [0.29, 0.717) is 5.82 Å². The number of carbonyl (C=O) groups is 1. The Bertz CT molecular complexity index is 594. The molecule has 0 saturated carbocycles. The minimum atomic E-state index is -0.449. The molecule has 104 valence electrons. The maximum absolute atomic E-state index is 12.1. The van der Waals surface area contributed by atoms with Gasteiger partial charge in [0.25, 0.3) is 0 Å². The molecule has 0 atom stereocenters. The fraction of sp³-hybridized carbons (Fsp3) is 0.250. The summed E-state index contributed by atoms with van der Waals surface area (Å²) in [7, 11) is 0. The van der Waals surface area contributed by atoms with Gasteiger partial charge in [-0.1, -0.05) is 36.4 Å². The number of hydrogen-bond acceptors (Lipinski definition) is 2. The summed E-state index contributed by atoms with van der Waals surface area (Å²) in [6, 6.07) is 15.1. The predicted molar refractivity (Wildman–Crippen MR) is 80.6 cm³/mol. The summed E-state index contributed by atoms with van der Waals surface area (Å²) in [6.07, 6.45) is 0. The third-order valence-corrected chi connectivity index (χ3v) is 3.05. The van der Waals surface area contributed by atoms with E-state index in [2.05, 4.69) is 15.6 Å². The van der Waals surface area contributed by atoms with Crippen LogP contribution >= 0.6 is 0 Å². The van der Waals surface area contributed by atoms with E-state index in [0.717, 1.165) is 11.3 Å². The van der Waals surface area contributed by atoms with Gasteiger partial charge in [-0.3, -0.25) is 5.32 Å². The van der Waals surface area contributed by atoms with Crippen LogP contribution in [0, 0.1) is 6.92 Å². The van der Waals surface area contributed by atoms with Crippen molar-refractivity contribution in [1.82, 2.24) is 10.3 Å². The second kappa shape index (κ2) is 5.74. The van der Waals surface area contributed by atoms with Gasteiger partial charge in [0.2, 0.25) is 0 Å². The maximum atomic E-state index is 12.1. The van der Waals surface area contributed by atoms with Gasteiger partial charge in [-0.2, -0.15) is 0 Å². The van der Waals surface area contributed by atoms with E-state index in [-0.39, 0.29) is 6.03 Å². The van der Waals surface area contributed by atoms with E-state index in [1.54, 1.807) is 6.07 Å². The summed E-state index contributed by atoms with van der Waals surface area (Å²) in [4.78, 5) is 16.3. The summed E-state index contributed by atoms with van der Waals surface area (Å²) >= 11 is 0. The van der Waals surface area contributed by atoms with Crippen molar-refractivity contribution in [2.24, 2.45) is 0 Å². The molecule has 1 aromatic heterocycles. The third kappa shape index (κ3) is 3.57. The molecule has 2 rings (SSSR count). The van der Waals surface area contributed by atoms with Crippen LogP contribution in [0.3, 0.4) is 0 Å². The number of benzene rings is 1.